The molecular weight excluding hydrogens is 428 g/mol. The summed E-state index contributed by atoms with van der Waals surface area (Å²) in [5.74, 6) is 0.635. The first-order chi connectivity index (χ1) is 15.9. The highest BCUT2D eigenvalue weighted by atomic mass is 16.7. The smallest absolute Gasteiger partial charge is 0.329 e. The fourth-order valence-corrected chi connectivity index (χ4v) is 4.25. The molecule has 11 nitrogen and oxygen atoms in total. The van der Waals surface area contributed by atoms with Crippen molar-refractivity contribution < 1.29 is 24.1 Å². The van der Waals surface area contributed by atoms with Crippen molar-refractivity contribution in [1.82, 2.24) is 9.97 Å². The molecule has 5 rings (SSSR count). The number of urea groups is 1. The third kappa shape index (κ3) is 4.21. The minimum Gasteiger partial charge on any atom is -0.385 e. The van der Waals surface area contributed by atoms with Gasteiger partial charge in [0.2, 0.25) is 6.29 Å². The molecule has 0 unspecified atom stereocenters. The molecule has 0 saturated heterocycles. The van der Waals surface area contributed by atoms with Crippen molar-refractivity contribution in [1.29, 1.82) is 5.26 Å². The Bertz CT molecular complexity index is 1080. The second-order valence-corrected chi connectivity index (χ2v) is 7.96. The molecule has 2 bridgehead atoms. The van der Waals surface area contributed by atoms with Crippen molar-refractivity contribution in [2.24, 2.45) is 0 Å². The number of hydrogen-bond donors (Lipinski definition) is 3. The van der Waals surface area contributed by atoms with Crippen LogP contribution in [0.2, 0.25) is 0 Å². The zero-order chi connectivity index (χ0) is 23.6. The fraction of sp³-hybridized carbons (Fsp3) is 0.455. The summed E-state index contributed by atoms with van der Waals surface area (Å²) in [6.45, 7) is 0.912. The molecule has 2 aliphatic heterocycles. The van der Waals surface area contributed by atoms with Crippen molar-refractivity contribution >= 4 is 23.4 Å². The van der Waals surface area contributed by atoms with Crippen LogP contribution < -0.4 is 15.5 Å². The van der Waals surface area contributed by atoms with Crippen LogP contribution in [0.4, 0.5) is 22.1 Å². The van der Waals surface area contributed by atoms with Crippen LogP contribution in [-0.4, -0.2) is 61.6 Å². The van der Waals surface area contributed by atoms with Crippen LogP contribution in [-0.2, 0) is 19.8 Å². The van der Waals surface area contributed by atoms with E-state index in [4.69, 9.17) is 14.2 Å². The maximum absolute atomic E-state index is 13.4. The third-order valence-corrected chi connectivity index (χ3v) is 5.89. The average Bonchev–Trinajstić information content (AvgIpc) is 2.80. The lowest BCUT2D eigenvalue weighted by atomic mass is 9.67. The number of methoxy groups -OCH3 is 3. The molecule has 1 aliphatic carbocycles. The Hall–Kier alpha value is -3.30. The zero-order valence-corrected chi connectivity index (χ0v) is 18.7. The molecule has 0 spiro atoms. The van der Waals surface area contributed by atoms with E-state index >= 15 is 0 Å². The van der Waals surface area contributed by atoms with E-state index in [2.05, 4.69) is 20.6 Å². The molecule has 1 fully saturated rings. The van der Waals surface area contributed by atoms with Crippen LogP contribution in [0.5, 0.6) is 0 Å². The molecule has 1 saturated carbocycles. The number of nitrogens with zero attached hydrogens (tertiary/aromatic N) is 4. The summed E-state index contributed by atoms with van der Waals surface area (Å²) in [7, 11) is 4.58. The van der Waals surface area contributed by atoms with Crippen molar-refractivity contribution in [2.75, 3.05) is 50.0 Å². The molecule has 0 aromatic carbocycles. The Morgan fingerprint density at radius 3 is 2.79 bits per heavy atom. The Balaban J connectivity index is 1.64. The second kappa shape index (κ2) is 9.29. The average molecular weight is 454 g/mol. The molecule has 11 heteroatoms. The lowest BCUT2D eigenvalue weighted by Crippen LogP contribution is -2.61. The van der Waals surface area contributed by atoms with Crippen molar-refractivity contribution in [3.8, 4) is 6.07 Å². The van der Waals surface area contributed by atoms with Gasteiger partial charge in [0.05, 0.1) is 29.2 Å². The number of carbonyl (C=O) groups is 1. The molecular formula is C22H26N6O5. The monoisotopic (exact) mass is 454 g/mol. The first kappa shape index (κ1) is 22.9. The van der Waals surface area contributed by atoms with Crippen LogP contribution in [0.25, 0.3) is 0 Å². The number of carbonyl (C=O) groups excluding carboxylic acids is 1. The van der Waals surface area contributed by atoms with Gasteiger partial charge in [-0.2, -0.15) is 5.26 Å². The predicted molar refractivity (Wildman–Crippen MR) is 119 cm³/mol. The van der Waals surface area contributed by atoms with E-state index in [0.717, 1.165) is 0 Å². The Morgan fingerprint density at radius 1 is 1.36 bits per heavy atom. The molecule has 33 heavy (non-hydrogen) atoms. The minimum atomic E-state index is -1.00. The van der Waals surface area contributed by atoms with Gasteiger partial charge in [0.25, 0.3) is 0 Å². The molecule has 174 valence electrons. The largest absolute Gasteiger partial charge is 0.385 e. The SMILES string of the molecule is COCCNc1cc(C#N)cnc1NC(=O)N1c2nc(C(OC)OC)ccc2C2(O)CC1C2. The van der Waals surface area contributed by atoms with Gasteiger partial charge in [0.1, 0.15) is 11.9 Å². The predicted octanol–water partition coefficient (Wildman–Crippen LogP) is 2.10. The number of aliphatic hydroxyl groups is 1. The summed E-state index contributed by atoms with van der Waals surface area (Å²) in [6.07, 6.45) is 1.53. The number of rotatable bonds is 8. The Morgan fingerprint density at radius 2 is 2.12 bits per heavy atom. The number of nitrogens with one attached hydrogen (secondary N) is 2. The van der Waals surface area contributed by atoms with Crippen molar-refractivity contribution in [3.05, 3.63) is 41.2 Å². The highest BCUT2D eigenvalue weighted by Crippen LogP contribution is 2.53. The van der Waals surface area contributed by atoms with E-state index in [0.29, 0.717) is 54.3 Å². The number of amides is 2. The molecule has 4 heterocycles. The normalized spacial score (nSPS) is 20.6. The van der Waals surface area contributed by atoms with Gasteiger partial charge in [-0.3, -0.25) is 10.2 Å². The van der Waals surface area contributed by atoms with Gasteiger partial charge >= 0.3 is 6.03 Å². The quantitative estimate of drug-likeness (QED) is 0.404. The number of aromatic nitrogens is 2. The molecule has 2 amide bonds. The molecule has 0 atom stereocenters. The molecule has 3 aliphatic rings. The summed E-state index contributed by atoms with van der Waals surface area (Å²) in [4.78, 5) is 23.8. The van der Waals surface area contributed by atoms with Gasteiger partial charge < -0.3 is 24.6 Å². The van der Waals surface area contributed by atoms with Gasteiger partial charge in [-0.25, -0.2) is 14.8 Å². The van der Waals surface area contributed by atoms with Gasteiger partial charge in [-0.15, -0.1) is 0 Å². The summed E-state index contributed by atoms with van der Waals surface area (Å²) in [5, 5.41) is 26.1. The number of hydrogen-bond acceptors (Lipinski definition) is 9. The van der Waals surface area contributed by atoms with Gasteiger partial charge in [-0.05, 0) is 12.1 Å². The highest BCUT2D eigenvalue weighted by molar-refractivity contribution is 6.04. The lowest BCUT2D eigenvalue weighted by Gasteiger charge is -2.54. The maximum Gasteiger partial charge on any atom is 0.329 e. The van der Waals surface area contributed by atoms with Gasteiger partial charge in [-0.1, -0.05) is 6.07 Å². The van der Waals surface area contributed by atoms with E-state index < -0.39 is 17.9 Å². The number of pyridine rings is 2. The summed E-state index contributed by atoms with van der Waals surface area (Å²) in [6, 6.07) is 6.49. The van der Waals surface area contributed by atoms with Crippen LogP contribution in [0, 0.1) is 11.3 Å². The molecule has 0 radical (unpaired) electrons. The summed E-state index contributed by atoms with van der Waals surface area (Å²) < 4.78 is 15.6. The van der Waals surface area contributed by atoms with E-state index in [1.165, 1.54) is 25.3 Å². The Labute approximate surface area is 191 Å². The minimum absolute atomic E-state index is 0.211. The van der Waals surface area contributed by atoms with E-state index in [1.54, 1.807) is 25.3 Å². The highest BCUT2D eigenvalue weighted by Gasteiger charge is 2.55. The molecule has 2 aromatic rings. The second-order valence-electron chi connectivity index (χ2n) is 7.96. The third-order valence-electron chi connectivity index (χ3n) is 5.89. The number of ether oxygens (including phenoxy) is 3. The van der Waals surface area contributed by atoms with E-state index in [9.17, 15) is 15.2 Å². The maximum atomic E-state index is 13.4. The van der Waals surface area contributed by atoms with Gasteiger partial charge in [0, 0.05) is 58.5 Å². The lowest BCUT2D eigenvalue weighted by molar-refractivity contribution is -0.109. The first-order valence-electron chi connectivity index (χ1n) is 10.5. The number of anilines is 3. The molecule has 2 aromatic heterocycles. The fourth-order valence-electron chi connectivity index (χ4n) is 4.25. The standard InChI is InChI=1S/C22H26N6O5/c1-31-7-6-24-17-8-13(11-23)12-25-18(17)27-21(29)28-14-9-22(30,10-14)15-4-5-16(26-19(15)28)20(32-2)33-3/h4-5,8,12,14,20,24,30H,6-7,9-10H2,1-3H3,(H,25,27,29). The van der Waals surface area contributed by atoms with Crippen LogP contribution in [0.3, 0.4) is 0 Å². The molecule has 3 N–H and O–H groups in total. The summed E-state index contributed by atoms with van der Waals surface area (Å²) in [5.41, 5.74) is 0.928. The van der Waals surface area contributed by atoms with Crippen LogP contribution in [0.15, 0.2) is 24.4 Å². The summed E-state index contributed by atoms with van der Waals surface area (Å²) >= 11 is 0. The van der Waals surface area contributed by atoms with Crippen LogP contribution >= 0.6 is 0 Å². The van der Waals surface area contributed by atoms with Crippen LogP contribution in [0.1, 0.15) is 36.0 Å². The van der Waals surface area contributed by atoms with E-state index in [1.807, 2.05) is 6.07 Å². The van der Waals surface area contributed by atoms with Crippen molar-refractivity contribution in [3.63, 3.8) is 0 Å². The Kier molecular flexibility index (Phi) is 6.44. The first-order valence-corrected chi connectivity index (χ1v) is 10.5. The van der Waals surface area contributed by atoms with Gasteiger partial charge in [0.15, 0.2) is 5.82 Å². The zero-order valence-electron chi connectivity index (χ0n) is 18.7. The topological polar surface area (TPSA) is 142 Å². The van der Waals surface area contributed by atoms with E-state index in [-0.39, 0.29) is 11.9 Å². The number of nitriles is 1. The van der Waals surface area contributed by atoms with Crippen molar-refractivity contribution in [2.45, 2.75) is 30.8 Å².